The molecule has 1 saturated heterocycles. The molecule has 0 spiro atoms. The van der Waals surface area contributed by atoms with Gasteiger partial charge in [-0.15, -0.1) is 0 Å². The van der Waals surface area contributed by atoms with Gasteiger partial charge in [0.1, 0.15) is 0 Å². The van der Waals surface area contributed by atoms with Gasteiger partial charge in [0.05, 0.1) is 0 Å². The van der Waals surface area contributed by atoms with Crippen LogP contribution in [0, 0.1) is 5.92 Å². The van der Waals surface area contributed by atoms with Gasteiger partial charge in [-0.3, -0.25) is 0 Å². The van der Waals surface area contributed by atoms with Crippen LogP contribution in [0.3, 0.4) is 0 Å². The average molecular weight is 155 g/mol. The molecule has 1 fully saturated rings. The fraction of sp³-hybridized carbons (Fsp3) is 1.00. The van der Waals surface area contributed by atoms with Crippen LogP contribution in [0.25, 0.3) is 0 Å². The van der Waals surface area contributed by atoms with E-state index in [-0.39, 0.29) is 0 Å². The van der Waals surface area contributed by atoms with Crippen LogP contribution in [0.4, 0.5) is 0 Å². The van der Waals surface area contributed by atoms with E-state index in [1.807, 2.05) is 0 Å². The number of hydrogen-bond acceptors (Lipinski definition) is 1. The summed E-state index contributed by atoms with van der Waals surface area (Å²) in [7, 11) is 0. The first-order valence-electron chi connectivity index (χ1n) is 5.02. The molecular weight excluding hydrogens is 134 g/mol. The van der Waals surface area contributed by atoms with Gasteiger partial charge < -0.3 is 5.32 Å². The van der Waals surface area contributed by atoms with E-state index in [0.717, 1.165) is 12.0 Å². The minimum Gasteiger partial charge on any atom is -0.314 e. The Morgan fingerprint density at radius 2 is 2.18 bits per heavy atom. The van der Waals surface area contributed by atoms with Crippen molar-refractivity contribution in [3.8, 4) is 0 Å². The first-order chi connectivity index (χ1) is 5.29. The van der Waals surface area contributed by atoms with Crippen molar-refractivity contribution >= 4 is 0 Å². The fourth-order valence-electron chi connectivity index (χ4n) is 1.70. The zero-order valence-corrected chi connectivity index (χ0v) is 7.90. The molecule has 0 unspecified atom stereocenters. The van der Waals surface area contributed by atoms with Crippen LogP contribution in [0.15, 0.2) is 0 Å². The summed E-state index contributed by atoms with van der Waals surface area (Å²) in [6, 6.07) is 0.839. The quantitative estimate of drug-likeness (QED) is 0.660. The maximum absolute atomic E-state index is 3.57. The molecule has 0 aromatic carbocycles. The summed E-state index contributed by atoms with van der Waals surface area (Å²) in [5, 5.41) is 3.57. The molecule has 0 aliphatic carbocycles. The van der Waals surface area contributed by atoms with E-state index in [1.165, 1.54) is 38.6 Å². The van der Waals surface area contributed by atoms with E-state index in [1.54, 1.807) is 0 Å². The van der Waals surface area contributed by atoms with Crippen molar-refractivity contribution < 1.29 is 0 Å². The number of nitrogens with one attached hydrogen (secondary N) is 1. The second-order valence-corrected chi connectivity index (χ2v) is 4.12. The Morgan fingerprint density at radius 1 is 1.36 bits per heavy atom. The van der Waals surface area contributed by atoms with Crippen molar-refractivity contribution in [3.63, 3.8) is 0 Å². The minimum atomic E-state index is 0.839. The lowest BCUT2D eigenvalue weighted by atomic mass is 9.97. The molecule has 1 N–H and O–H groups in total. The van der Waals surface area contributed by atoms with Crippen LogP contribution in [0.1, 0.15) is 46.0 Å². The molecule has 0 aromatic rings. The smallest absolute Gasteiger partial charge is 0.00671 e. The number of hydrogen-bond donors (Lipinski definition) is 1. The summed E-state index contributed by atoms with van der Waals surface area (Å²) in [5.41, 5.74) is 0. The van der Waals surface area contributed by atoms with Gasteiger partial charge in [0.2, 0.25) is 0 Å². The second kappa shape index (κ2) is 4.76. The molecule has 1 heteroatoms. The third-order valence-electron chi connectivity index (χ3n) is 2.50. The molecule has 0 saturated carbocycles. The third-order valence-corrected chi connectivity index (χ3v) is 2.50. The van der Waals surface area contributed by atoms with Crippen LogP contribution in [0.2, 0.25) is 0 Å². The van der Waals surface area contributed by atoms with Crippen LogP contribution in [0.5, 0.6) is 0 Å². The van der Waals surface area contributed by atoms with Gasteiger partial charge >= 0.3 is 0 Å². The van der Waals surface area contributed by atoms with Gasteiger partial charge in [0, 0.05) is 6.04 Å². The van der Waals surface area contributed by atoms with Crippen molar-refractivity contribution in [2.45, 2.75) is 52.0 Å². The van der Waals surface area contributed by atoms with Gasteiger partial charge in [-0.05, 0) is 38.1 Å². The summed E-state index contributed by atoms with van der Waals surface area (Å²) < 4.78 is 0. The standard InChI is InChI=1S/C10H21N/c1-9(2)6-7-10-5-3-4-8-11-10/h9-11H,3-8H2,1-2H3/t10-/m0/s1. The predicted molar refractivity (Wildman–Crippen MR) is 49.7 cm³/mol. The highest BCUT2D eigenvalue weighted by atomic mass is 14.9. The molecule has 1 aliphatic heterocycles. The second-order valence-electron chi connectivity index (χ2n) is 4.12. The molecule has 1 nitrogen and oxygen atoms in total. The van der Waals surface area contributed by atoms with E-state index in [4.69, 9.17) is 0 Å². The Balaban J connectivity index is 2.05. The zero-order chi connectivity index (χ0) is 8.10. The van der Waals surface area contributed by atoms with Gasteiger partial charge in [0.15, 0.2) is 0 Å². The van der Waals surface area contributed by atoms with Gasteiger partial charge in [-0.25, -0.2) is 0 Å². The van der Waals surface area contributed by atoms with Crippen molar-refractivity contribution in [3.05, 3.63) is 0 Å². The van der Waals surface area contributed by atoms with Crippen LogP contribution in [-0.4, -0.2) is 12.6 Å². The van der Waals surface area contributed by atoms with E-state index >= 15 is 0 Å². The molecule has 0 radical (unpaired) electrons. The molecule has 0 bridgehead atoms. The maximum Gasteiger partial charge on any atom is 0.00671 e. The Labute approximate surface area is 70.6 Å². The number of piperidine rings is 1. The molecule has 1 atom stereocenters. The van der Waals surface area contributed by atoms with Gasteiger partial charge in [0.25, 0.3) is 0 Å². The Hall–Kier alpha value is -0.0400. The minimum absolute atomic E-state index is 0.839. The van der Waals surface area contributed by atoms with Crippen LogP contribution < -0.4 is 5.32 Å². The summed E-state index contributed by atoms with van der Waals surface area (Å²) >= 11 is 0. The number of rotatable bonds is 3. The fourth-order valence-corrected chi connectivity index (χ4v) is 1.70. The van der Waals surface area contributed by atoms with Gasteiger partial charge in [-0.1, -0.05) is 20.3 Å². The zero-order valence-electron chi connectivity index (χ0n) is 7.90. The monoisotopic (exact) mass is 155 g/mol. The average Bonchev–Trinajstić information content (AvgIpc) is 2.03. The maximum atomic E-state index is 3.57. The lowest BCUT2D eigenvalue weighted by Gasteiger charge is -2.23. The van der Waals surface area contributed by atoms with Gasteiger partial charge in [-0.2, -0.15) is 0 Å². The van der Waals surface area contributed by atoms with E-state index < -0.39 is 0 Å². The Kier molecular flexibility index (Phi) is 3.92. The van der Waals surface area contributed by atoms with Crippen molar-refractivity contribution in [2.24, 2.45) is 5.92 Å². The lowest BCUT2D eigenvalue weighted by Crippen LogP contribution is -2.33. The molecule has 1 heterocycles. The normalized spacial score (nSPS) is 25.9. The highest BCUT2D eigenvalue weighted by Crippen LogP contribution is 2.14. The Bertz CT molecular complexity index is 93.0. The van der Waals surface area contributed by atoms with E-state index in [0.29, 0.717) is 0 Å². The van der Waals surface area contributed by atoms with Crippen molar-refractivity contribution in [1.82, 2.24) is 5.32 Å². The summed E-state index contributed by atoms with van der Waals surface area (Å²) in [6.07, 6.45) is 7.01. The van der Waals surface area contributed by atoms with E-state index in [2.05, 4.69) is 19.2 Å². The third kappa shape index (κ3) is 3.76. The summed E-state index contributed by atoms with van der Waals surface area (Å²) in [6.45, 7) is 5.87. The molecule has 0 amide bonds. The van der Waals surface area contributed by atoms with Crippen molar-refractivity contribution in [2.75, 3.05) is 6.54 Å². The molecule has 1 aliphatic rings. The SMILES string of the molecule is CC(C)CC[C@@H]1CCCCN1. The molecule has 11 heavy (non-hydrogen) atoms. The Morgan fingerprint density at radius 3 is 2.73 bits per heavy atom. The van der Waals surface area contributed by atoms with Crippen molar-refractivity contribution in [1.29, 1.82) is 0 Å². The molecule has 0 aromatic heterocycles. The molecule has 66 valence electrons. The summed E-state index contributed by atoms with van der Waals surface area (Å²) in [4.78, 5) is 0. The summed E-state index contributed by atoms with van der Waals surface area (Å²) in [5.74, 6) is 0.874. The van der Waals surface area contributed by atoms with Crippen LogP contribution in [-0.2, 0) is 0 Å². The highest BCUT2D eigenvalue weighted by Gasteiger charge is 2.11. The predicted octanol–water partition coefficient (Wildman–Crippen LogP) is 2.56. The lowest BCUT2D eigenvalue weighted by molar-refractivity contribution is 0.358. The molecule has 1 rings (SSSR count). The largest absolute Gasteiger partial charge is 0.314 e. The topological polar surface area (TPSA) is 12.0 Å². The van der Waals surface area contributed by atoms with E-state index in [9.17, 15) is 0 Å². The highest BCUT2D eigenvalue weighted by molar-refractivity contribution is 4.72. The molecular formula is C10H21N. The van der Waals surface area contributed by atoms with Crippen LogP contribution >= 0.6 is 0 Å². The first-order valence-corrected chi connectivity index (χ1v) is 5.02. The first kappa shape index (κ1) is 9.05.